The molecule has 0 amide bonds. The van der Waals surface area contributed by atoms with Gasteiger partial charge in [0.1, 0.15) is 11.5 Å². The molecule has 0 saturated carbocycles. The number of phenolic OH excluding ortho intramolecular Hbond substituents is 1. The van der Waals surface area contributed by atoms with E-state index in [1.54, 1.807) is 13.2 Å². The number of nitrogens with one attached hydrogen (secondary N) is 1. The van der Waals surface area contributed by atoms with Gasteiger partial charge in [0.2, 0.25) is 0 Å². The van der Waals surface area contributed by atoms with E-state index < -0.39 is 0 Å². The van der Waals surface area contributed by atoms with Crippen molar-refractivity contribution in [3.05, 3.63) is 52.5 Å². The molecule has 106 valence electrons. The Kier molecular flexibility index (Phi) is 4.40. The fourth-order valence-electron chi connectivity index (χ4n) is 2.12. The van der Waals surface area contributed by atoms with Gasteiger partial charge in [0.15, 0.2) is 0 Å². The van der Waals surface area contributed by atoms with Gasteiger partial charge in [0.05, 0.1) is 13.2 Å². The molecule has 2 rings (SSSR count). The van der Waals surface area contributed by atoms with Gasteiger partial charge in [-0.3, -0.25) is 0 Å². The van der Waals surface area contributed by atoms with Crippen molar-refractivity contribution in [2.75, 3.05) is 12.4 Å². The lowest BCUT2D eigenvalue weighted by Crippen LogP contribution is -2.08. The molecule has 0 aliphatic rings. The van der Waals surface area contributed by atoms with E-state index in [1.165, 1.54) is 0 Å². The van der Waals surface area contributed by atoms with E-state index in [4.69, 9.17) is 16.3 Å². The lowest BCUT2D eigenvalue weighted by molar-refractivity contribution is 0.406. The maximum atomic E-state index is 10.0. The van der Waals surface area contributed by atoms with Crippen molar-refractivity contribution in [2.24, 2.45) is 0 Å². The molecule has 0 aliphatic heterocycles. The molecule has 4 heteroatoms. The third-order valence-electron chi connectivity index (χ3n) is 3.26. The van der Waals surface area contributed by atoms with E-state index >= 15 is 0 Å². The highest BCUT2D eigenvalue weighted by atomic mass is 35.5. The Morgan fingerprint density at radius 3 is 2.55 bits per heavy atom. The van der Waals surface area contributed by atoms with Crippen LogP contribution in [0.25, 0.3) is 0 Å². The Labute approximate surface area is 124 Å². The summed E-state index contributed by atoms with van der Waals surface area (Å²) in [6.07, 6.45) is 0. The number of hydrogen-bond donors (Lipinski definition) is 2. The molecule has 1 unspecified atom stereocenters. The van der Waals surface area contributed by atoms with Crippen LogP contribution in [-0.4, -0.2) is 12.2 Å². The number of benzene rings is 2. The van der Waals surface area contributed by atoms with Gasteiger partial charge in [-0.15, -0.1) is 0 Å². The average Bonchev–Trinajstić information content (AvgIpc) is 2.41. The molecule has 0 fully saturated rings. The zero-order chi connectivity index (χ0) is 14.7. The van der Waals surface area contributed by atoms with Gasteiger partial charge in [-0.2, -0.15) is 0 Å². The van der Waals surface area contributed by atoms with Crippen LogP contribution in [0.15, 0.2) is 36.4 Å². The first-order chi connectivity index (χ1) is 9.51. The third-order valence-corrected chi connectivity index (χ3v) is 3.50. The summed E-state index contributed by atoms with van der Waals surface area (Å²) >= 11 is 5.95. The summed E-state index contributed by atoms with van der Waals surface area (Å²) in [4.78, 5) is 0. The summed E-state index contributed by atoms with van der Waals surface area (Å²) in [5.74, 6) is 0.858. The fourth-order valence-corrected chi connectivity index (χ4v) is 2.34. The van der Waals surface area contributed by atoms with Crippen LogP contribution in [0.1, 0.15) is 24.1 Å². The van der Waals surface area contributed by atoms with Crippen LogP contribution >= 0.6 is 11.6 Å². The Balaban J connectivity index is 2.21. The number of phenols is 1. The highest BCUT2D eigenvalue weighted by Crippen LogP contribution is 2.31. The summed E-state index contributed by atoms with van der Waals surface area (Å²) in [6.45, 7) is 3.99. The van der Waals surface area contributed by atoms with Crippen LogP contribution in [0.3, 0.4) is 0 Å². The van der Waals surface area contributed by atoms with E-state index in [0.29, 0.717) is 10.8 Å². The van der Waals surface area contributed by atoms with Crippen molar-refractivity contribution >= 4 is 17.3 Å². The summed E-state index contributed by atoms with van der Waals surface area (Å²) in [5, 5.41) is 14.1. The first-order valence-corrected chi connectivity index (χ1v) is 6.78. The maximum absolute atomic E-state index is 10.0. The van der Waals surface area contributed by atoms with Crippen molar-refractivity contribution in [3.63, 3.8) is 0 Å². The van der Waals surface area contributed by atoms with Crippen LogP contribution < -0.4 is 10.1 Å². The molecular formula is C16H18ClNO2. The van der Waals surface area contributed by atoms with Crippen molar-refractivity contribution in [1.82, 2.24) is 0 Å². The number of aromatic hydroxyl groups is 1. The fraction of sp³-hybridized carbons (Fsp3) is 0.250. The standard InChI is InChI=1S/C16H18ClNO2/c1-10-8-12(17)4-7-15(10)18-11(2)14-6-5-13(20-3)9-16(14)19/h4-9,11,18-19H,1-3H3. The molecule has 0 radical (unpaired) electrons. The van der Waals surface area contributed by atoms with E-state index in [2.05, 4.69) is 5.32 Å². The van der Waals surface area contributed by atoms with Crippen LogP contribution in [-0.2, 0) is 0 Å². The number of anilines is 1. The second-order valence-corrected chi connectivity index (χ2v) is 5.19. The topological polar surface area (TPSA) is 41.5 Å². The van der Waals surface area contributed by atoms with Crippen LogP contribution in [0, 0.1) is 6.92 Å². The van der Waals surface area contributed by atoms with Gasteiger partial charge in [-0.1, -0.05) is 11.6 Å². The molecule has 20 heavy (non-hydrogen) atoms. The maximum Gasteiger partial charge on any atom is 0.124 e. The number of ether oxygens (including phenoxy) is 1. The quantitative estimate of drug-likeness (QED) is 0.869. The Morgan fingerprint density at radius 2 is 1.95 bits per heavy atom. The highest BCUT2D eigenvalue weighted by Gasteiger charge is 2.12. The SMILES string of the molecule is COc1ccc(C(C)Nc2ccc(Cl)cc2C)c(O)c1. The second-order valence-electron chi connectivity index (χ2n) is 4.75. The number of halogens is 1. The summed E-state index contributed by atoms with van der Waals surface area (Å²) < 4.78 is 5.09. The molecule has 0 bridgehead atoms. The number of aryl methyl sites for hydroxylation is 1. The Morgan fingerprint density at radius 1 is 1.20 bits per heavy atom. The molecule has 0 aliphatic carbocycles. The van der Waals surface area contributed by atoms with E-state index in [-0.39, 0.29) is 11.8 Å². The predicted molar refractivity (Wildman–Crippen MR) is 82.9 cm³/mol. The molecule has 0 heterocycles. The largest absolute Gasteiger partial charge is 0.507 e. The molecule has 2 aromatic carbocycles. The molecule has 2 N–H and O–H groups in total. The predicted octanol–water partition coefficient (Wildman–Crippen LogP) is 4.54. The first kappa shape index (κ1) is 14.5. The van der Waals surface area contributed by atoms with Gasteiger partial charge in [-0.05, 0) is 49.7 Å². The van der Waals surface area contributed by atoms with Crippen LogP contribution in [0.5, 0.6) is 11.5 Å². The van der Waals surface area contributed by atoms with Crippen molar-refractivity contribution in [1.29, 1.82) is 0 Å². The van der Waals surface area contributed by atoms with E-state index in [1.807, 2.05) is 44.2 Å². The van der Waals surface area contributed by atoms with Gasteiger partial charge < -0.3 is 15.2 Å². The molecule has 1 atom stereocenters. The molecule has 0 aromatic heterocycles. The van der Waals surface area contributed by atoms with Crippen LogP contribution in [0.2, 0.25) is 5.02 Å². The van der Waals surface area contributed by atoms with Gasteiger partial charge >= 0.3 is 0 Å². The molecule has 0 saturated heterocycles. The van der Waals surface area contributed by atoms with Crippen molar-refractivity contribution in [3.8, 4) is 11.5 Å². The van der Waals surface area contributed by atoms with Crippen molar-refractivity contribution < 1.29 is 9.84 Å². The number of rotatable bonds is 4. The number of hydrogen-bond acceptors (Lipinski definition) is 3. The van der Waals surface area contributed by atoms with Gasteiger partial charge in [0, 0.05) is 22.3 Å². The Hall–Kier alpha value is -1.87. The summed E-state index contributed by atoms with van der Waals surface area (Å²) in [6, 6.07) is 11.0. The smallest absolute Gasteiger partial charge is 0.124 e. The van der Waals surface area contributed by atoms with Crippen LogP contribution in [0.4, 0.5) is 5.69 Å². The zero-order valence-electron chi connectivity index (χ0n) is 11.8. The number of methoxy groups -OCH3 is 1. The second kappa shape index (κ2) is 6.06. The monoisotopic (exact) mass is 291 g/mol. The normalized spacial score (nSPS) is 12.0. The third kappa shape index (κ3) is 3.17. The zero-order valence-corrected chi connectivity index (χ0v) is 12.5. The van der Waals surface area contributed by atoms with E-state index in [9.17, 15) is 5.11 Å². The molecule has 0 spiro atoms. The van der Waals surface area contributed by atoms with Gasteiger partial charge in [0.25, 0.3) is 0 Å². The molecule has 3 nitrogen and oxygen atoms in total. The summed E-state index contributed by atoms with van der Waals surface area (Å²) in [7, 11) is 1.58. The molecule has 2 aromatic rings. The molecular weight excluding hydrogens is 274 g/mol. The minimum absolute atomic E-state index is 0.0271. The minimum Gasteiger partial charge on any atom is -0.507 e. The average molecular weight is 292 g/mol. The Bertz CT molecular complexity index is 613. The first-order valence-electron chi connectivity index (χ1n) is 6.41. The lowest BCUT2D eigenvalue weighted by atomic mass is 10.1. The van der Waals surface area contributed by atoms with Crippen molar-refractivity contribution in [2.45, 2.75) is 19.9 Å². The lowest BCUT2D eigenvalue weighted by Gasteiger charge is -2.19. The minimum atomic E-state index is -0.0271. The summed E-state index contributed by atoms with van der Waals surface area (Å²) in [5.41, 5.74) is 2.88. The highest BCUT2D eigenvalue weighted by molar-refractivity contribution is 6.30. The van der Waals surface area contributed by atoms with Gasteiger partial charge in [-0.25, -0.2) is 0 Å². The van der Waals surface area contributed by atoms with E-state index in [0.717, 1.165) is 16.8 Å².